The molecule has 24 heavy (non-hydrogen) atoms. The molecule has 1 amide bonds. The van der Waals surface area contributed by atoms with Gasteiger partial charge in [0.05, 0.1) is 5.41 Å². The fraction of sp³-hybridized carbons (Fsp3) is 0.722. The first-order chi connectivity index (χ1) is 11.8. The van der Waals surface area contributed by atoms with E-state index in [0.29, 0.717) is 11.8 Å². The van der Waals surface area contributed by atoms with Gasteiger partial charge in [-0.15, -0.1) is 5.10 Å². The van der Waals surface area contributed by atoms with Crippen LogP contribution >= 0.6 is 0 Å². The van der Waals surface area contributed by atoms with Crippen LogP contribution in [0.1, 0.15) is 32.1 Å². The van der Waals surface area contributed by atoms with E-state index in [0.717, 1.165) is 57.9 Å². The lowest BCUT2D eigenvalue weighted by molar-refractivity contribution is -0.145. The van der Waals surface area contributed by atoms with Crippen molar-refractivity contribution in [1.82, 2.24) is 20.4 Å². The highest BCUT2D eigenvalue weighted by molar-refractivity contribution is 5.84. The van der Waals surface area contributed by atoms with Crippen LogP contribution in [0.15, 0.2) is 18.3 Å². The average Bonchev–Trinajstić information content (AvgIpc) is 2.93. The summed E-state index contributed by atoms with van der Waals surface area (Å²) in [7, 11) is 0. The molecule has 0 radical (unpaired) electrons. The Morgan fingerprint density at radius 3 is 3.04 bits per heavy atom. The lowest BCUT2D eigenvalue weighted by atomic mass is 9.67. The third-order valence-electron chi connectivity index (χ3n) is 6.13. The van der Waals surface area contributed by atoms with E-state index in [-0.39, 0.29) is 5.41 Å². The maximum atomic E-state index is 13.4. The summed E-state index contributed by atoms with van der Waals surface area (Å²) in [6.45, 7) is 5.34. The van der Waals surface area contributed by atoms with Gasteiger partial charge in [0.1, 0.15) is 0 Å². The molecule has 1 saturated carbocycles. The Labute approximate surface area is 143 Å². The lowest BCUT2D eigenvalue weighted by Crippen LogP contribution is -2.50. The molecule has 0 bridgehead atoms. The summed E-state index contributed by atoms with van der Waals surface area (Å²) in [5, 5.41) is 11.7. The monoisotopic (exact) mass is 329 g/mol. The van der Waals surface area contributed by atoms with Gasteiger partial charge in [0.25, 0.3) is 0 Å². The predicted octanol–water partition coefficient (Wildman–Crippen LogP) is 1.30. The van der Waals surface area contributed by atoms with Gasteiger partial charge >= 0.3 is 0 Å². The first-order valence-corrected chi connectivity index (χ1v) is 9.32. The van der Waals surface area contributed by atoms with Crippen LogP contribution in [0.4, 0.5) is 5.82 Å². The second-order valence-electron chi connectivity index (χ2n) is 7.44. The van der Waals surface area contributed by atoms with Gasteiger partial charge in [-0.25, -0.2) is 0 Å². The van der Waals surface area contributed by atoms with E-state index in [1.54, 1.807) is 6.20 Å². The quantitative estimate of drug-likeness (QED) is 0.886. The zero-order valence-corrected chi connectivity index (χ0v) is 14.3. The van der Waals surface area contributed by atoms with E-state index in [1.165, 1.54) is 19.3 Å². The average molecular weight is 329 g/mol. The van der Waals surface area contributed by atoms with E-state index in [9.17, 15) is 4.79 Å². The Kier molecular flexibility index (Phi) is 4.39. The van der Waals surface area contributed by atoms with Crippen LogP contribution in [0, 0.1) is 11.3 Å². The summed E-state index contributed by atoms with van der Waals surface area (Å²) in [4.78, 5) is 17.8. The van der Waals surface area contributed by atoms with Crippen LogP contribution < -0.4 is 10.2 Å². The summed E-state index contributed by atoms with van der Waals surface area (Å²) in [5.74, 6) is 1.86. The van der Waals surface area contributed by atoms with Crippen LogP contribution in [0.25, 0.3) is 0 Å². The normalized spacial score (nSPS) is 30.8. The summed E-state index contributed by atoms with van der Waals surface area (Å²) < 4.78 is 0. The van der Waals surface area contributed by atoms with Gasteiger partial charge in [-0.2, -0.15) is 5.10 Å². The smallest absolute Gasteiger partial charge is 0.230 e. The molecule has 130 valence electrons. The highest BCUT2D eigenvalue weighted by atomic mass is 16.2. The largest absolute Gasteiger partial charge is 0.353 e. The Bertz CT molecular complexity index is 580. The van der Waals surface area contributed by atoms with Crippen molar-refractivity contribution >= 4 is 11.7 Å². The number of carbonyl (C=O) groups excluding carboxylic acids is 1. The summed E-state index contributed by atoms with van der Waals surface area (Å²) in [6, 6.07) is 3.92. The van der Waals surface area contributed by atoms with E-state index in [1.807, 2.05) is 12.1 Å². The molecule has 0 unspecified atom stereocenters. The first kappa shape index (κ1) is 15.8. The van der Waals surface area contributed by atoms with E-state index in [2.05, 4.69) is 25.3 Å². The number of carbonyl (C=O) groups is 1. The number of rotatable bonds is 2. The van der Waals surface area contributed by atoms with Crippen molar-refractivity contribution in [2.24, 2.45) is 11.3 Å². The molecule has 0 spiro atoms. The fourth-order valence-corrected chi connectivity index (χ4v) is 4.79. The molecule has 3 aliphatic rings. The first-order valence-electron chi connectivity index (χ1n) is 9.32. The number of hydrogen-bond acceptors (Lipinski definition) is 5. The number of nitrogens with one attached hydrogen (secondary N) is 1. The molecule has 1 N–H and O–H groups in total. The van der Waals surface area contributed by atoms with Crippen LogP contribution in [-0.2, 0) is 4.79 Å². The minimum absolute atomic E-state index is 0.125. The fourth-order valence-electron chi connectivity index (χ4n) is 4.79. The van der Waals surface area contributed by atoms with E-state index < -0.39 is 0 Å². The van der Waals surface area contributed by atoms with Crippen LogP contribution in [0.3, 0.4) is 0 Å². The molecule has 2 atom stereocenters. The van der Waals surface area contributed by atoms with Crippen molar-refractivity contribution in [3.05, 3.63) is 18.3 Å². The number of amides is 1. The molecule has 2 aliphatic heterocycles. The molecule has 6 heteroatoms. The Balaban J connectivity index is 1.46. The number of anilines is 1. The molecule has 3 heterocycles. The maximum Gasteiger partial charge on any atom is 0.230 e. The Morgan fingerprint density at radius 2 is 2.17 bits per heavy atom. The molecule has 4 rings (SSSR count). The van der Waals surface area contributed by atoms with Crippen molar-refractivity contribution in [2.75, 3.05) is 44.2 Å². The second-order valence-corrected chi connectivity index (χ2v) is 7.44. The highest BCUT2D eigenvalue weighted by Gasteiger charge is 2.51. The van der Waals surface area contributed by atoms with E-state index >= 15 is 0 Å². The molecular formula is C18H27N5O. The molecule has 0 aromatic carbocycles. The standard InChI is InChI=1S/C18H27N5O/c24-17(18-7-2-1-5-15(18)13-19-14-18)23-10-4-9-22(11-12-23)16-6-3-8-20-21-16/h3,6,8,15,19H,1-2,4-5,7,9-14H2/t15-,18+/m0/s1. The zero-order chi connectivity index (χ0) is 16.4. The zero-order valence-electron chi connectivity index (χ0n) is 14.3. The van der Waals surface area contributed by atoms with Crippen LogP contribution in [0.2, 0.25) is 0 Å². The van der Waals surface area contributed by atoms with Crippen molar-refractivity contribution in [1.29, 1.82) is 0 Å². The Morgan fingerprint density at radius 1 is 1.21 bits per heavy atom. The summed E-state index contributed by atoms with van der Waals surface area (Å²) >= 11 is 0. The lowest BCUT2D eigenvalue weighted by Gasteiger charge is -2.40. The third-order valence-corrected chi connectivity index (χ3v) is 6.13. The molecule has 1 aromatic rings. The number of nitrogens with zero attached hydrogens (tertiary/aromatic N) is 4. The highest BCUT2D eigenvalue weighted by Crippen LogP contribution is 2.45. The summed E-state index contributed by atoms with van der Waals surface area (Å²) in [6.07, 6.45) is 7.45. The second kappa shape index (κ2) is 6.67. The number of aromatic nitrogens is 2. The van der Waals surface area contributed by atoms with Crippen molar-refractivity contribution in [2.45, 2.75) is 32.1 Å². The third kappa shape index (κ3) is 2.77. The van der Waals surface area contributed by atoms with E-state index in [4.69, 9.17) is 0 Å². The topological polar surface area (TPSA) is 61.4 Å². The SMILES string of the molecule is O=C(N1CCCN(c2cccnn2)CC1)[C@@]12CCCC[C@H]1CNC2. The molecule has 2 saturated heterocycles. The number of hydrogen-bond donors (Lipinski definition) is 1. The molecule has 1 aliphatic carbocycles. The van der Waals surface area contributed by atoms with Gasteiger partial charge in [0.15, 0.2) is 5.82 Å². The Hall–Kier alpha value is -1.69. The van der Waals surface area contributed by atoms with Crippen molar-refractivity contribution in [3.8, 4) is 0 Å². The summed E-state index contributed by atoms with van der Waals surface area (Å²) in [5.41, 5.74) is -0.125. The molecule has 3 fully saturated rings. The van der Waals surface area contributed by atoms with Gasteiger partial charge in [-0.3, -0.25) is 4.79 Å². The van der Waals surface area contributed by atoms with Gasteiger partial charge in [-0.1, -0.05) is 12.8 Å². The molecule has 6 nitrogen and oxygen atoms in total. The van der Waals surface area contributed by atoms with Gasteiger partial charge < -0.3 is 15.1 Å². The molecular weight excluding hydrogens is 302 g/mol. The number of fused-ring (bicyclic) bond motifs is 1. The minimum atomic E-state index is -0.125. The molecule has 1 aromatic heterocycles. The van der Waals surface area contributed by atoms with Gasteiger partial charge in [0.2, 0.25) is 5.91 Å². The van der Waals surface area contributed by atoms with Crippen LogP contribution in [-0.4, -0.2) is 60.3 Å². The van der Waals surface area contributed by atoms with Gasteiger partial charge in [-0.05, 0) is 43.9 Å². The predicted molar refractivity (Wildman–Crippen MR) is 92.7 cm³/mol. The van der Waals surface area contributed by atoms with Crippen LogP contribution in [0.5, 0.6) is 0 Å². The minimum Gasteiger partial charge on any atom is -0.353 e. The maximum absolute atomic E-state index is 13.4. The van der Waals surface area contributed by atoms with Gasteiger partial charge in [0, 0.05) is 38.9 Å². The van der Waals surface area contributed by atoms with Crippen molar-refractivity contribution in [3.63, 3.8) is 0 Å². The van der Waals surface area contributed by atoms with Crippen molar-refractivity contribution < 1.29 is 4.79 Å².